The topological polar surface area (TPSA) is 58.4 Å². The summed E-state index contributed by atoms with van der Waals surface area (Å²) in [5, 5.41) is 5.92. The van der Waals surface area contributed by atoms with Crippen molar-refractivity contribution >= 4 is 22.4 Å². The zero-order valence-electron chi connectivity index (χ0n) is 17.9. The standard InChI is InChI=1S/C26H24N4O2/c1-28-26(32)23-10-6-5-9-22(23)24(27-28)19-11-13-20(14-12-19)25(31)30-17-15-29(16-18-30)21-7-3-2-4-8-21/h2-14H,15-18H2,1H3. The molecule has 3 aromatic carbocycles. The molecule has 1 aliphatic rings. The van der Waals surface area contributed by atoms with Crippen molar-refractivity contribution in [3.63, 3.8) is 0 Å². The van der Waals surface area contributed by atoms with Crippen molar-refractivity contribution in [1.29, 1.82) is 0 Å². The number of aryl methyl sites for hydroxylation is 1. The summed E-state index contributed by atoms with van der Waals surface area (Å²) in [6.45, 7) is 3.04. The van der Waals surface area contributed by atoms with Crippen LogP contribution in [0.5, 0.6) is 0 Å². The Morgan fingerprint density at radius 3 is 2.09 bits per heavy atom. The third-order valence-corrected chi connectivity index (χ3v) is 6.05. The Kier molecular flexibility index (Phi) is 5.19. The molecule has 0 spiro atoms. The molecule has 6 heteroatoms. The molecule has 1 aliphatic heterocycles. The van der Waals surface area contributed by atoms with Gasteiger partial charge in [0.25, 0.3) is 11.5 Å². The van der Waals surface area contributed by atoms with E-state index in [0.29, 0.717) is 24.0 Å². The summed E-state index contributed by atoms with van der Waals surface area (Å²) in [5.41, 5.74) is 3.35. The number of piperazine rings is 1. The summed E-state index contributed by atoms with van der Waals surface area (Å²) in [5.74, 6) is 0.0440. The first kappa shape index (κ1) is 20.0. The van der Waals surface area contributed by atoms with Crippen molar-refractivity contribution in [3.05, 3.63) is 94.8 Å². The number of rotatable bonds is 3. The predicted molar refractivity (Wildman–Crippen MR) is 127 cm³/mol. The molecule has 2 heterocycles. The van der Waals surface area contributed by atoms with Crippen LogP contribution in [-0.4, -0.2) is 46.8 Å². The molecule has 0 radical (unpaired) electrons. The number of aromatic nitrogens is 2. The second-order valence-electron chi connectivity index (χ2n) is 8.02. The monoisotopic (exact) mass is 424 g/mol. The number of fused-ring (bicyclic) bond motifs is 1. The number of anilines is 1. The largest absolute Gasteiger partial charge is 0.368 e. The average molecular weight is 425 g/mol. The van der Waals surface area contributed by atoms with Gasteiger partial charge >= 0.3 is 0 Å². The summed E-state index contributed by atoms with van der Waals surface area (Å²) >= 11 is 0. The number of amides is 1. The van der Waals surface area contributed by atoms with Gasteiger partial charge in [-0.25, -0.2) is 4.68 Å². The number of nitrogens with zero attached hydrogens (tertiary/aromatic N) is 4. The molecule has 5 rings (SSSR count). The molecule has 0 N–H and O–H groups in total. The summed E-state index contributed by atoms with van der Waals surface area (Å²) in [7, 11) is 1.66. The lowest BCUT2D eigenvalue weighted by molar-refractivity contribution is 0.0747. The third-order valence-electron chi connectivity index (χ3n) is 6.05. The maximum atomic E-state index is 13.0. The molecule has 1 fully saturated rings. The van der Waals surface area contributed by atoms with Crippen LogP contribution in [0, 0.1) is 0 Å². The summed E-state index contributed by atoms with van der Waals surface area (Å²) < 4.78 is 1.36. The molecule has 160 valence electrons. The Balaban J connectivity index is 1.35. The van der Waals surface area contributed by atoms with Crippen LogP contribution in [0.2, 0.25) is 0 Å². The molecule has 0 bridgehead atoms. The van der Waals surface area contributed by atoms with Crippen LogP contribution < -0.4 is 10.5 Å². The van der Waals surface area contributed by atoms with E-state index in [1.54, 1.807) is 7.05 Å². The highest BCUT2D eigenvalue weighted by atomic mass is 16.2. The summed E-state index contributed by atoms with van der Waals surface area (Å²) in [6, 6.07) is 25.3. The van der Waals surface area contributed by atoms with Gasteiger partial charge in [-0.05, 0) is 30.3 Å². The van der Waals surface area contributed by atoms with Crippen LogP contribution in [0.15, 0.2) is 83.7 Å². The maximum absolute atomic E-state index is 13.0. The van der Waals surface area contributed by atoms with Crippen LogP contribution in [0.4, 0.5) is 5.69 Å². The fourth-order valence-corrected chi connectivity index (χ4v) is 4.27. The molecular formula is C26H24N4O2. The van der Waals surface area contributed by atoms with E-state index in [0.717, 1.165) is 29.7 Å². The molecule has 6 nitrogen and oxygen atoms in total. The molecule has 0 aliphatic carbocycles. The van der Waals surface area contributed by atoms with Crippen molar-refractivity contribution in [2.24, 2.45) is 7.05 Å². The Hall–Kier alpha value is -3.93. The fourth-order valence-electron chi connectivity index (χ4n) is 4.27. The zero-order valence-corrected chi connectivity index (χ0v) is 17.9. The zero-order chi connectivity index (χ0) is 22.1. The first-order chi connectivity index (χ1) is 15.6. The van der Waals surface area contributed by atoms with E-state index in [1.165, 1.54) is 10.4 Å². The van der Waals surface area contributed by atoms with Gasteiger partial charge in [-0.3, -0.25) is 9.59 Å². The van der Waals surface area contributed by atoms with Crippen molar-refractivity contribution < 1.29 is 4.79 Å². The van der Waals surface area contributed by atoms with Crippen LogP contribution >= 0.6 is 0 Å². The Morgan fingerprint density at radius 2 is 1.41 bits per heavy atom. The van der Waals surface area contributed by atoms with Crippen molar-refractivity contribution in [2.45, 2.75) is 0 Å². The molecule has 32 heavy (non-hydrogen) atoms. The van der Waals surface area contributed by atoms with Crippen molar-refractivity contribution in [2.75, 3.05) is 31.1 Å². The van der Waals surface area contributed by atoms with Gasteiger partial charge in [0.1, 0.15) is 0 Å². The molecule has 0 saturated carbocycles. The van der Waals surface area contributed by atoms with E-state index in [4.69, 9.17) is 0 Å². The minimum atomic E-state index is -0.120. The van der Waals surface area contributed by atoms with E-state index < -0.39 is 0 Å². The quantitative estimate of drug-likeness (QED) is 0.505. The highest BCUT2D eigenvalue weighted by Crippen LogP contribution is 2.25. The van der Waals surface area contributed by atoms with Gasteiger partial charge in [0.05, 0.1) is 11.1 Å². The molecular weight excluding hydrogens is 400 g/mol. The molecule has 4 aromatic rings. The second kappa shape index (κ2) is 8.30. The average Bonchev–Trinajstić information content (AvgIpc) is 2.86. The van der Waals surface area contributed by atoms with Gasteiger partial charge in [0, 0.05) is 55.4 Å². The smallest absolute Gasteiger partial charge is 0.274 e. The van der Waals surface area contributed by atoms with Crippen LogP contribution in [0.3, 0.4) is 0 Å². The van der Waals surface area contributed by atoms with Crippen LogP contribution in [-0.2, 0) is 7.05 Å². The first-order valence-corrected chi connectivity index (χ1v) is 10.8. The minimum absolute atomic E-state index is 0.0440. The van der Waals surface area contributed by atoms with Crippen molar-refractivity contribution in [1.82, 2.24) is 14.7 Å². The predicted octanol–water partition coefficient (Wildman–Crippen LogP) is 3.56. The SMILES string of the molecule is Cn1nc(-c2ccc(C(=O)N3CCN(c4ccccc4)CC3)cc2)c2ccccc2c1=O. The number of benzene rings is 3. The maximum Gasteiger partial charge on any atom is 0.274 e. The Labute approximate surface area is 186 Å². The van der Waals surface area contributed by atoms with E-state index in [-0.39, 0.29) is 11.5 Å². The van der Waals surface area contributed by atoms with Gasteiger partial charge in [-0.15, -0.1) is 0 Å². The lowest BCUT2D eigenvalue weighted by Crippen LogP contribution is -2.48. The van der Waals surface area contributed by atoms with E-state index in [9.17, 15) is 9.59 Å². The number of para-hydroxylation sites is 1. The molecule has 1 aromatic heterocycles. The first-order valence-electron chi connectivity index (χ1n) is 10.8. The lowest BCUT2D eigenvalue weighted by Gasteiger charge is -2.36. The number of carbonyl (C=O) groups is 1. The molecule has 0 unspecified atom stereocenters. The summed E-state index contributed by atoms with van der Waals surface area (Å²) in [6.07, 6.45) is 0. The van der Waals surface area contributed by atoms with Crippen LogP contribution in [0.25, 0.3) is 22.0 Å². The van der Waals surface area contributed by atoms with Gasteiger partial charge in [0.15, 0.2) is 0 Å². The van der Waals surface area contributed by atoms with E-state index in [2.05, 4.69) is 22.1 Å². The third kappa shape index (κ3) is 3.64. The van der Waals surface area contributed by atoms with E-state index in [1.807, 2.05) is 71.6 Å². The van der Waals surface area contributed by atoms with Gasteiger partial charge < -0.3 is 9.80 Å². The van der Waals surface area contributed by atoms with Gasteiger partial charge in [-0.2, -0.15) is 5.10 Å². The van der Waals surface area contributed by atoms with Gasteiger partial charge in [-0.1, -0.05) is 48.5 Å². The Morgan fingerprint density at radius 1 is 0.781 bits per heavy atom. The highest BCUT2D eigenvalue weighted by Gasteiger charge is 2.22. The van der Waals surface area contributed by atoms with Crippen LogP contribution in [0.1, 0.15) is 10.4 Å². The fraction of sp³-hybridized carbons (Fsp3) is 0.192. The number of hydrogen-bond acceptors (Lipinski definition) is 4. The van der Waals surface area contributed by atoms with Gasteiger partial charge in [0.2, 0.25) is 0 Å². The number of carbonyl (C=O) groups excluding carboxylic acids is 1. The molecule has 0 atom stereocenters. The lowest BCUT2D eigenvalue weighted by atomic mass is 10.0. The highest BCUT2D eigenvalue weighted by molar-refractivity contribution is 5.97. The summed E-state index contributed by atoms with van der Waals surface area (Å²) in [4.78, 5) is 29.7. The molecule has 1 amide bonds. The second-order valence-corrected chi connectivity index (χ2v) is 8.02. The van der Waals surface area contributed by atoms with Crippen molar-refractivity contribution in [3.8, 4) is 11.3 Å². The van der Waals surface area contributed by atoms with E-state index >= 15 is 0 Å². The Bertz CT molecular complexity index is 1320. The number of hydrogen-bond donors (Lipinski definition) is 0. The molecule has 1 saturated heterocycles. The minimum Gasteiger partial charge on any atom is -0.368 e. The normalized spacial score (nSPS) is 14.0.